The summed E-state index contributed by atoms with van der Waals surface area (Å²) in [6.07, 6.45) is 4.05. The molecule has 36 heavy (non-hydrogen) atoms. The zero-order chi connectivity index (χ0) is 24.8. The van der Waals surface area contributed by atoms with Crippen LogP contribution >= 0.6 is 12.4 Å². The van der Waals surface area contributed by atoms with E-state index in [0.717, 1.165) is 49.4 Å². The number of rotatable bonds is 9. The molecule has 11 heteroatoms. The van der Waals surface area contributed by atoms with E-state index in [1.54, 1.807) is 17.0 Å². The Morgan fingerprint density at radius 2 is 1.83 bits per heavy atom. The lowest BCUT2D eigenvalue weighted by molar-refractivity contribution is -0.134. The summed E-state index contributed by atoms with van der Waals surface area (Å²) in [5.41, 5.74) is 0.940. The second-order valence-corrected chi connectivity index (χ2v) is 11.0. The van der Waals surface area contributed by atoms with Crippen LogP contribution in [0.5, 0.6) is 0 Å². The predicted octanol–water partition coefficient (Wildman–Crippen LogP) is 2.32. The molecule has 2 aliphatic rings. The van der Waals surface area contributed by atoms with Gasteiger partial charge in [0.15, 0.2) is 5.96 Å². The van der Waals surface area contributed by atoms with Crippen LogP contribution in [-0.2, 0) is 14.8 Å². The normalized spacial score (nSPS) is 16.6. The van der Waals surface area contributed by atoms with Crippen LogP contribution in [0, 0.1) is 0 Å². The number of anilines is 1. The molecular weight excluding hydrogens is 500 g/mol. The van der Waals surface area contributed by atoms with Crippen molar-refractivity contribution in [1.29, 1.82) is 0 Å². The van der Waals surface area contributed by atoms with Gasteiger partial charge in [-0.3, -0.25) is 9.79 Å². The molecule has 1 amide bonds. The van der Waals surface area contributed by atoms with Crippen LogP contribution in [0.2, 0.25) is 0 Å². The van der Waals surface area contributed by atoms with E-state index in [0.29, 0.717) is 37.9 Å². The fraction of sp³-hybridized carbons (Fsp3) is 0.520. The van der Waals surface area contributed by atoms with Gasteiger partial charge in [-0.2, -0.15) is 4.72 Å². The summed E-state index contributed by atoms with van der Waals surface area (Å²) in [7, 11) is -0.0720. The molecule has 2 heterocycles. The van der Waals surface area contributed by atoms with E-state index < -0.39 is 16.1 Å². The number of piperidine rings is 1. The van der Waals surface area contributed by atoms with Gasteiger partial charge in [-0.15, -0.1) is 12.4 Å². The number of carbonyl (C=O) groups excluding carboxylic acids is 1. The zero-order valence-corrected chi connectivity index (χ0v) is 22.6. The lowest BCUT2D eigenvalue weighted by Gasteiger charge is -2.31. The summed E-state index contributed by atoms with van der Waals surface area (Å²) in [4.78, 5) is 21.7. The smallest absolute Gasteiger partial charge is 0.241 e. The van der Waals surface area contributed by atoms with Crippen molar-refractivity contribution < 1.29 is 13.2 Å². The fourth-order valence-electron chi connectivity index (χ4n) is 4.74. The van der Waals surface area contributed by atoms with Gasteiger partial charge in [0.05, 0.1) is 11.4 Å². The Kier molecular flexibility index (Phi) is 9.81. The van der Waals surface area contributed by atoms with E-state index in [4.69, 9.17) is 0 Å². The van der Waals surface area contributed by atoms with Crippen molar-refractivity contribution in [2.45, 2.75) is 43.0 Å². The highest BCUT2D eigenvalue weighted by molar-refractivity contribution is 7.89. The van der Waals surface area contributed by atoms with E-state index in [1.165, 1.54) is 0 Å². The Morgan fingerprint density at radius 3 is 2.53 bits per heavy atom. The molecule has 2 aliphatic heterocycles. The Labute approximate surface area is 220 Å². The van der Waals surface area contributed by atoms with Gasteiger partial charge in [0.2, 0.25) is 15.9 Å². The van der Waals surface area contributed by atoms with E-state index in [1.807, 2.05) is 43.3 Å². The van der Waals surface area contributed by atoms with Crippen LogP contribution in [0.4, 0.5) is 5.69 Å². The van der Waals surface area contributed by atoms with Gasteiger partial charge in [0.25, 0.3) is 0 Å². The Morgan fingerprint density at radius 1 is 1.11 bits per heavy atom. The maximum atomic E-state index is 13.6. The van der Waals surface area contributed by atoms with Gasteiger partial charge in [-0.25, -0.2) is 8.42 Å². The van der Waals surface area contributed by atoms with E-state index in [2.05, 4.69) is 20.3 Å². The molecule has 9 nitrogen and oxygen atoms in total. The molecule has 0 spiro atoms. The Bertz CT molecular complexity index is 1180. The van der Waals surface area contributed by atoms with Crippen molar-refractivity contribution in [3.05, 3.63) is 36.4 Å². The zero-order valence-electron chi connectivity index (χ0n) is 21.0. The lowest BCUT2D eigenvalue weighted by atomic mass is 10.1. The van der Waals surface area contributed by atoms with Crippen molar-refractivity contribution in [1.82, 2.24) is 20.3 Å². The molecule has 2 aromatic carbocycles. The van der Waals surface area contributed by atoms with E-state index in [-0.39, 0.29) is 23.2 Å². The molecule has 1 fully saturated rings. The number of hydrogen-bond donors (Lipinski definition) is 3. The number of nitrogens with one attached hydrogen (secondary N) is 3. The number of amides is 1. The minimum Gasteiger partial charge on any atom is -0.377 e. The first kappa shape index (κ1) is 28.0. The largest absolute Gasteiger partial charge is 0.377 e. The average Bonchev–Trinajstić information content (AvgIpc) is 3.38. The van der Waals surface area contributed by atoms with Crippen LogP contribution in [0.15, 0.2) is 46.3 Å². The number of nitrogens with zero attached hydrogens (tertiary/aromatic N) is 3. The first-order chi connectivity index (χ1) is 16.9. The van der Waals surface area contributed by atoms with Gasteiger partial charge >= 0.3 is 0 Å². The molecule has 1 unspecified atom stereocenters. The van der Waals surface area contributed by atoms with Crippen molar-refractivity contribution in [2.24, 2.45) is 4.99 Å². The summed E-state index contributed by atoms with van der Waals surface area (Å²) in [6, 6.07) is 10.1. The van der Waals surface area contributed by atoms with Crippen LogP contribution in [0.1, 0.15) is 32.1 Å². The number of sulfonamides is 1. The van der Waals surface area contributed by atoms with Crippen molar-refractivity contribution in [3.63, 3.8) is 0 Å². The SMILES string of the molecule is CN(C)c1cccc2c(S(=O)(=O)NC(CCCNC3=NCCN3)C(=O)N3CCCCC3)cccc12.Cl. The highest BCUT2D eigenvalue weighted by Crippen LogP contribution is 2.30. The second kappa shape index (κ2) is 12.6. The number of carbonyl (C=O) groups is 1. The molecule has 2 aromatic rings. The highest BCUT2D eigenvalue weighted by Gasteiger charge is 2.30. The van der Waals surface area contributed by atoms with Crippen LogP contribution in [-0.4, -0.2) is 78.0 Å². The third-order valence-corrected chi connectivity index (χ3v) is 8.06. The molecule has 0 aromatic heterocycles. The third kappa shape index (κ3) is 6.60. The minimum atomic E-state index is -3.94. The number of fused-ring (bicyclic) bond motifs is 1. The number of aliphatic imine (C=N–C) groups is 1. The molecule has 1 atom stereocenters. The number of hydrogen-bond acceptors (Lipinski definition) is 7. The summed E-state index contributed by atoms with van der Waals surface area (Å²) >= 11 is 0. The first-order valence-electron chi connectivity index (χ1n) is 12.4. The average molecular weight is 537 g/mol. The maximum Gasteiger partial charge on any atom is 0.241 e. The van der Waals surface area contributed by atoms with Crippen molar-refractivity contribution in [3.8, 4) is 0 Å². The highest BCUT2D eigenvalue weighted by atomic mass is 35.5. The van der Waals surface area contributed by atoms with E-state index in [9.17, 15) is 13.2 Å². The molecule has 0 saturated carbocycles. The van der Waals surface area contributed by atoms with Gasteiger partial charge in [0.1, 0.15) is 6.04 Å². The van der Waals surface area contributed by atoms with Crippen molar-refractivity contribution in [2.75, 3.05) is 51.7 Å². The first-order valence-corrected chi connectivity index (χ1v) is 13.9. The molecule has 0 bridgehead atoms. The molecule has 198 valence electrons. The molecule has 3 N–H and O–H groups in total. The monoisotopic (exact) mass is 536 g/mol. The van der Waals surface area contributed by atoms with Gasteiger partial charge in [-0.05, 0) is 44.2 Å². The van der Waals surface area contributed by atoms with Gasteiger partial charge < -0.3 is 20.4 Å². The van der Waals surface area contributed by atoms with Gasteiger partial charge in [-0.1, -0.05) is 24.3 Å². The molecule has 0 radical (unpaired) electrons. The summed E-state index contributed by atoms with van der Waals surface area (Å²) < 4.78 is 30.0. The van der Waals surface area contributed by atoms with E-state index >= 15 is 0 Å². The maximum absolute atomic E-state index is 13.6. The van der Waals surface area contributed by atoms with Crippen LogP contribution in [0.25, 0.3) is 10.8 Å². The Balaban J connectivity index is 0.00000361. The minimum absolute atomic E-state index is 0. The topological polar surface area (TPSA) is 106 Å². The number of guanidine groups is 1. The molecular formula is C25H37ClN6O3S. The van der Waals surface area contributed by atoms with Gasteiger partial charge in [0, 0.05) is 56.7 Å². The fourth-order valence-corrected chi connectivity index (χ4v) is 6.18. The Hall–Kier alpha value is -2.56. The molecule has 4 rings (SSSR count). The number of likely N-dealkylation sites (tertiary alicyclic amines) is 1. The number of halogens is 1. The number of benzene rings is 2. The van der Waals surface area contributed by atoms with Crippen molar-refractivity contribution >= 4 is 50.8 Å². The molecule has 0 aliphatic carbocycles. The summed E-state index contributed by atoms with van der Waals surface area (Å²) in [5, 5.41) is 7.88. The molecule has 1 saturated heterocycles. The standard InChI is InChI=1S/C25H36N6O3S.ClH/c1-30(2)22-12-6-10-20-19(22)9-7-13-23(20)35(33,34)29-21(24(32)31-17-4-3-5-18-31)11-8-14-26-25-27-15-16-28-25;/h6-7,9-10,12-13,21,29H,3-5,8,11,14-18H2,1-2H3,(H2,26,27,28);1H. The van der Waals surface area contributed by atoms with Crippen LogP contribution in [0.3, 0.4) is 0 Å². The lowest BCUT2D eigenvalue weighted by Crippen LogP contribution is -2.50. The predicted molar refractivity (Wildman–Crippen MR) is 148 cm³/mol. The quantitative estimate of drug-likeness (QED) is 0.425. The van der Waals surface area contributed by atoms with Crippen LogP contribution < -0.4 is 20.3 Å². The second-order valence-electron chi connectivity index (χ2n) is 9.31. The summed E-state index contributed by atoms with van der Waals surface area (Å²) in [6.45, 7) is 3.53. The third-order valence-electron chi connectivity index (χ3n) is 6.53. The summed E-state index contributed by atoms with van der Waals surface area (Å²) in [5.74, 6) is 0.621.